The van der Waals surface area contributed by atoms with E-state index in [0.717, 1.165) is 22.3 Å². The normalized spacial score (nSPS) is 12.8. The van der Waals surface area contributed by atoms with Crippen LogP contribution >= 0.6 is 0 Å². The van der Waals surface area contributed by atoms with Crippen LogP contribution in [0.25, 0.3) is 11.1 Å². The Morgan fingerprint density at radius 1 is 0.824 bits per heavy atom. The van der Waals surface area contributed by atoms with Gasteiger partial charge in [0.1, 0.15) is 19.9 Å². The zero-order chi connectivity index (χ0) is 23.9. The Hall–Kier alpha value is -4.17. The number of rotatable bonds is 9. The summed E-state index contributed by atoms with van der Waals surface area (Å²) in [6.45, 7) is -0.512. The number of nitrogens with one attached hydrogen (secondary N) is 2. The lowest BCUT2D eigenvalue weighted by atomic mass is 9.98. The van der Waals surface area contributed by atoms with Gasteiger partial charge in [0.2, 0.25) is 5.91 Å². The maximum atomic E-state index is 12.2. The van der Waals surface area contributed by atoms with E-state index in [1.54, 1.807) is 30.3 Å². The van der Waals surface area contributed by atoms with E-state index >= 15 is 0 Å². The molecule has 0 saturated carbocycles. The van der Waals surface area contributed by atoms with Crippen molar-refractivity contribution in [1.82, 2.24) is 10.6 Å². The van der Waals surface area contributed by atoms with Gasteiger partial charge in [-0.1, -0.05) is 78.9 Å². The Morgan fingerprint density at radius 3 is 2.03 bits per heavy atom. The fourth-order valence-corrected chi connectivity index (χ4v) is 4.01. The van der Waals surface area contributed by atoms with Crippen molar-refractivity contribution in [2.45, 2.75) is 12.0 Å². The summed E-state index contributed by atoms with van der Waals surface area (Å²) in [5.74, 6) is -1.78. The molecule has 0 spiro atoms. The summed E-state index contributed by atoms with van der Waals surface area (Å²) in [5.41, 5.74) is 4.90. The third kappa shape index (κ3) is 5.24. The van der Waals surface area contributed by atoms with Crippen LogP contribution < -0.4 is 10.6 Å². The lowest BCUT2D eigenvalue weighted by Gasteiger charge is -2.15. The van der Waals surface area contributed by atoms with Gasteiger partial charge in [-0.25, -0.2) is 9.59 Å². The number of carboxylic acids is 1. The largest absolute Gasteiger partial charge is 0.479 e. The first-order valence-electron chi connectivity index (χ1n) is 10.8. The van der Waals surface area contributed by atoms with Gasteiger partial charge in [-0.05, 0) is 27.8 Å². The van der Waals surface area contributed by atoms with E-state index in [4.69, 9.17) is 9.47 Å². The number of benzene rings is 3. The van der Waals surface area contributed by atoms with Crippen LogP contribution in [0.2, 0.25) is 0 Å². The Bertz CT molecular complexity index is 1140. The van der Waals surface area contributed by atoms with Crippen molar-refractivity contribution in [2.75, 3.05) is 19.9 Å². The van der Waals surface area contributed by atoms with Gasteiger partial charge >= 0.3 is 12.1 Å². The highest BCUT2D eigenvalue weighted by Gasteiger charge is 2.29. The molecule has 3 aromatic carbocycles. The summed E-state index contributed by atoms with van der Waals surface area (Å²) in [5, 5.41) is 14.2. The van der Waals surface area contributed by atoms with E-state index in [2.05, 4.69) is 10.6 Å². The third-order valence-corrected chi connectivity index (χ3v) is 5.58. The molecule has 8 nitrogen and oxygen atoms in total. The smallest absolute Gasteiger partial charge is 0.407 e. The van der Waals surface area contributed by atoms with E-state index in [1.165, 1.54) is 0 Å². The summed E-state index contributed by atoms with van der Waals surface area (Å²) < 4.78 is 10.7. The highest BCUT2D eigenvalue weighted by atomic mass is 16.5. The second kappa shape index (κ2) is 10.6. The molecule has 1 aliphatic rings. The van der Waals surface area contributed by atoms with Crippen LogP contribution in [0.5, 0.6) is 0 Å². The molecular formula is C26H24N2O6. The quantitative estimate of drug-likeness (QED) is 0.422. The van der Waals surface area contributed by atoms with Crippen LogP contribution in [0, 0.1) is 0 Å². The first-order chi connectivity index (χ1) is 16.5. The van der Waals surface area contributed by atoms with E-state index < -0.39 is 24.1 Å². The van der Waals surface area contributed by atoms with Gasteiger partial charge in [-0.3, -0.25) is 4.79 Å². The molecule has 0 aliphatic heterocycles. The van der Waals surface area contributed by atoms with Crippen molar-refractivity contribution in [3.8, 4) is 11.1 Å². The molecule has 3 N–H and O–H groups in total. The second-order valence-corrected chi connectivity index (χ2v) is 7.72. The van der Waals surface area contributed by atoms with Crippen molar-refractivity contribution < 1.29 is 29.0 Å². The summed E-state index contributed by atoms with van der Waals surface area (Å²) in [4.78, 5) is 35.6. The van der Waals surface area contributed by atoms with Crippen molar-refractivity contribution >= 4 is 18.0 Å². The number of amides is 2. The van der Waals surface area contributed by atoms with Gasteiger partial charge in [0.15, 0.2) is 6.10 Å². The minimum absolute atomic E-state index is 0.0775. The molecule has 0 saturated heterocycles. The molecule has 0 heterocycles. The Balaban J connectivity index is 1.22. The molecule has 0 radical (unpaired) electrons. The Labute approximate surface area is 196 Å². The maximum Gasteiger partial charge on any atom is 0.407 e. The molecular weight excluding hydrogens is 436 g/mol. The lowest BCUT2D eigenvalue weighted by Crippen LogP contribution is -2.39. The van der Waals surface area contributed by atoms with Crippen LogP contribution in [0.15, 0.2) is 78.9 Å². The first-order valence-corrected chi connectivity index (χ1v) is 10.8. The summed E-state index contributed by atoms with van der Waals surface area (Å²) >= 11 is 0. The molecule has 1 aliphatic carbocycles. The van der Waals surface area contributed by atoms with Crippen molar-refractivity contribution in [2.24, 2.45) is 0 Å². The number of fused-ring (bicyclic) bond motifs is 3. The number of aliphatic carboxylic acids is 1. The van der Waals surface area contributed by atoms with Crippen LogP contribution in [-0.4, -0.2) is 43.0 Å². The fraction of sp³-hybridized carbons (Fsp3) is 0.192. The molecule has 1 unspecified atom stereocenters. The summed E-state index contributed by atoms with van der Waals surface area (Å²) in [7, 11) is 0. The summed E-state index contributed by atoms with van der Waals surface area (Å²) in [6, 6.07) is 24.4. The van der Waals surface area contributed by atoms with E-state index in [-0.39, 0.29) is 25.8 Å². The molecule has 8 heteroatoms. The molecule has 34 heavy (non-hydrogen) atoms. The number of carboxylic acid groups (broad SMARTS) is 1. The van der Waals surface area contributed by atoms with E-state index in [9.17, 15) is 19.5 Å². The molecule has 174 valence electrons. The minimum atomic E-state index is -1.21. The van der Waals surface area contributed by atoms with Gasteiger partial charge in [0.25, 0.3) is 0 Å². The minimum Gasteiger partial charge on any atom is -0.479 e. The Kier molecular flexibility index (Phi) is 7.19. The molecule has 1 atom stereocenters. The van der Waals surface area contributed by atoms with Gasteiger partial charge in [-0.15, -0.1) is 0 Å². The van der Waals surface area contributed by atoms with Crippen LogP contribution in [0.3, 0.4) is 0 Å². The topological polar surface area (TPSA) is 114 Å². The molecule has 0 fully saturated rings. The summed E-state index contributed by atoms with van der Waals surface area (Å²) in [6.07, 6.45) is -1.93. The lowest BCUT2D eigenvalue weighted by molar-refractivity contribution is -0.152. The average Bonchev–Trinajstić information content (AvgIpc) is 3.18. The third-order valence-electron chi connectivity index (χ3n) is 5.58. The standard InChI is InChI=1S/C26H24N2O6/c29-23(28-16-34-24(25(30)31)17-8-2-1-3-9-17)14-27-26(32)33-15-22-20-12-6-4-10-18(20)19-11-5-7-13-21(19)22/h1-13,22,24H,14-16H2,(H,27,32)(H,28,29)(H,30,31). The number of hydrogen-bond acceptors (Lipinski definition) is 5. The van der Waals surface area contributed by atoms with Crippen molar-refractivity contribution in [3.63, 3.8) is 0 Å². The zero-order valence-corrected chi connectivity index (χ0v) is 18.3. The predicted octanol–water partition coefficient (Wildman–Crippen LogP) is 3.44. The molecule has 2 amide bonds. The van der Waals surface area contributed by atoms with Gasteiger partial charge < -0.3 is 25.2 Å². The Morgan fingerprint density at radius 2 is 1.41 bits per heavy atom. The van der Waals surface area contributed by atoms with E-state index in [1.807, 2.05) is 48.5 Å². The number of alkyl carbamates (subject to hydrolysis) is 1. The number of carbonyl (C=O) groups is 3. The molecule has 4 rings (SSSR count). The zero-order valence-electron chi connectivity index (χ0n) is 18.3. The molecule has 3 aromatic rings. The number of ether oxygens (including phenoxy) is 2. The van der Waals surface area contributed by atoms with Gasteiger partial charge in [-0.2, -0.15) is 0 Å². The second-order valence-electron chi connectivity index (χ2n) is 7.72. The average molecular weight is 460 g/mol. The number of carbonyl (C=O) groups excluding carboxylic acids is 2. The highest BCUT2D eigenvalue weighted by Crippen LogP contribution is 2.44. The molecule has 0 aromatic heterocycles. The van der Waals surface area contributed by atoms with E-state index in [0.29, 0.717) is 5.56 Å². The van der Waals surface area contributed by atoms with Crippen LogP contribution in [0.1, 0.15) is 28.7 Å². The van der Waals surface area contributed by atoms with Gasteiger partial charge in [0.05, 0.1) is 0 Å². The monoisotopic (exact) mass is 460 g/mol. The number of hydrogen-bond donors (Lipinski definition) is 3. The maximum absolute atomic E-state index is 12.2. The molecule has 0 bridgehead atoms. The van der Waals surface area contributed by atoms with Crippen molar-refractivity contribution in [3.05, 3.63) is 95.6 Å². The fourth-order valence-electron chi connectivity index (χ4n) is 4.01. The highest BCUT2D eigenvalue weighted by molar-refractivity contribution is 5.82. The van der Waals surface area contributed by atoms with Gasteiger partial charge in [0, 0.05) is 5.92 Å². The SMILES string of the molecule is O=C(CNC(=O)OCC1c2ccccc2-c2ccccc21)NCOC(C(=O)O)c1ccccc1. The van der Waals surface area contributed by atoms with Crippen molar-refractivity contribution in [1.29, 1.82) is 0 Å². The first kappa shape index (κ1) is 23.0. The van der Waals surface area contributed by atoms with Crippen LogP contribution in [0.4, 0.5) is 4.79 Å². The van der Waals surface area contributed by atoms with Crippen LogP contribution in [-0.2, 0) is 19.1 Å². The predicted molar refractivity (Wildman–Crippen MR) is 124 cm³/mol.